The largest absolute Gasteiger partial charge is 0.453 e. The molecule has 0 aromatic carbocycles. The van der Waals surface area contributed by atoms with Gasteiger partial charge in [0.05, 0.1) is 7.11 Å². The zero-order chi connectivity index (χ0) is 16.3. The average molecular weight is 311 g/mol. The molecule has 0 aliphatic carbocycles. The van der Waals surface area contributed by atoms with Crippen molar-refractivity contribution in [1.29, 1.82) is 0 Å². The van der Waals surface area contributed by atoms with Gasteiger partial charge in [-0.3, -0.25) is 9.59 Å². The lowest BCUT2D eigenvalue weighted by molar-refractivity contribution is -0.141. The van der Waals surface area contributed by atoms with Gasteiger partial charge in [0, 0.05) is 33.1 Å². The van der Waals surface area contributed by atoms with Crippen LogP contribution in [0.4, 0.5) is 4.79 Å². The number of ether oxygens (including phenoxy) is 1. The standard InChI is InChI=1S/C15H25N3O4/c1-11(16-14(21)22-3)13(20)18-8-6-15(7-9-18)5-4-12(19)17(2)10-15/h11H,4-10H2,1-3H3,(H,16,21)/t11-/m0/s1. The molecule has 1 spiro atoms. The van der Waals surface area contributed by atoms with Gasteiger partial charge in [0.2, 0.25) is 11.8 Å². The Hall–Kier alpha value is -1.79. The maximum Gasteiger partial charge on any atom is 0.407 e. The van der Waals surface area contributed by atoms with Crippen molar-refractivity contribution in [3.63, 3.8) is 0 Å². The third-order valence-corrected chi connectivity index (χ3v) is 4.89. The van der Waals surface area contributed by atoms with Gasteiger partial charge < -0.3 is 19.9 Å². The zero-order valence-corrected chi connectivity index (χ0v) is 13.6. The van der Waals surface area contributed by atoms with Crippen LogP contribution in [0.3, 0.4) is 0 Å². The van der Waals surface area contributed by atoms with E-state index in [4.69, 9.17) is 0 Å². The first-order valence-corrected chi connectivity index (χ1v) is 7.74. The van der Waals surface area contributed by atoms with Gasteiger partial charge in [-0.15, -0.1) is 0 Å². The quantitative estimate of drug-likeness (QED) is 0.809. The van der Waals surface area contributed by atoms with Crippen molar-refractivity contribution in [1.82, 2.24) is 15.1 Å². The van der Waals surface area contributed by atoms with Crippen molar-refractivity contribution in [2.75, 3.05) is 33.8 Å². The summed E-state index contributed by atoms with van der Waals surface area (Å²) in [6.45, 7) is 3.79. The number of hydrogen-bond donors (Lipinski definition) is 1. The highest BCUT2D eigenvalue weighted by molar-refractivity contribution is 5.85. The van der Waals surface area contributed by atoms with Crippen LogP contribution in [0.5, 0.6) is 0 Å². The van der Waals surface area contributed by atoms with Crippen molar-refractivity contribution in [3.05, 3.63) is 0 Å². The summed E-state index contributed by atoms with van der Waals surface area (Å²) in [7, 11) is 3.13. The molecule has 2 fully saturated rings. The molecule has 0 radical (unpaired) electrons. The summed E-state index contributed by atoms with van der Waals surface area (Å²) in [4.78, 5) is 38.7. The van der Waals surface area contributed by atoms with E-state index in [0.717, 1.165) is 25.8 Å². The molecule has 2 aliphatic rings. The molecule has 2 aliphatic heterocycles. The van der Waals surface area contributed by atoms with Gasteiger partial charge in [0.15, 0.2) is 0 Å². The third-order valence-electron chi connectivity index (χ3n) is 4.89. The summed E-state index contributed by atoms with van der Waals surface area (Å²) in [5.41, 5.74) is 0.151. The molecule has 2 rings (SSSR count). The Kier molecular flexibility index (Phi) is 4.93. The van der Waals surface area contributed by atoms with Gasteiger partial charge >= 0.3 is 6.09 Å². The van der Waals surface area contributed by atoms with Crippen LogP contribution in [0.2, 0.25) is 0 Å². The van der Waals surface area contributed by atoms with Gasteiger partial charge in [-0.25, -0.2) is 4.79 Å². The van der Waals surface area contributed by atoms with Crippen molar-refractivity contribution in [2.45, 2.75) is 38.6 Å². The molecule has 0 aromatic rings. The summed E-state index contributed by atoms with van der Waals surface area (Å²) >= 11 is 0. The number of methoxy groups -OCH3 is 1. The maximum atomic E-state index is 12.3. The van der Waals surface area contributed by atoms with E-state index in [1.807, 2.05) is 11.9 Å². The van der Waals surface area contributed by atoms with E-state index >= 15 is 0 Å². The number of nitrogens with one attached hydrogen (secondary N) is 1. The number of amides is 3. The Morgan fingerprint density at radius 1 is 1.27 bits per heavy atom. The highest BCUT2D eigenvalue weighted by Gasteiger charge is 2.41. The first-order chi connectivity index (χ1) is 10.4. The minimum atomic E-state index is -0.596. The minimum absolute atomic E-state index is 0.0829. The Morgan fingerprint density at radius 3 is 2.45 bits per heavy atom. The average Bonchev–Trinajstić information content (AvgIpc) is 2.51. The molecule has 0 bridgehead atoms. The minimum Gasteiger partial charge on any atom is -0.453 e. The van der Waals surface area contributed by atoms with Gasteiger partial charge in [-0.1, -0.05) is 0 Å². The van der Waals surface area contributed by atoms with Crippen LogP contribution in [0.1, 0.15) is 32.6 Å². The van der Waals surface area contributed by atoms with Gasteiger partial charge in [0.1, 0.15) is 6.04 Å². The fourth-order valence-electron chi connectivity index (χ4n) is 3.41. The number of alkyl carbamates (subject to hydrolysis) is 1. The van der Waals surface area contributed by atoms with Crippen LogP contribution in [-0.2, 0) is 14.3 Å². The second kappa shape index (κ2) is 6.54. The predicted molar refractivity (Wildman–Crippen MR) is 80.1 cm³/mol. The molecule has 1 atom stereocenters. The molecular weight excluding hydrogens is 286 g/mol. The molecule has 7 heteroatoms. The first-order valence-electron chi connectivity index (χ1n) is 7.74. The lowest BCUT2D eigenvalue weighted by atomic mass is 9.72. The number of hydrogen-bond acceptors (Lipinski definition) is 4. The number of likely N-dealkylation sites (tertiary alicyclic amines) is 2. The fraction of sp³-hybridized carbons (Fsp3) is 0.800. The number of rotatable bonds is 2. The van der Waals surface area contributed by atoms with E-state index in [-0.39, 0.29) is 17.2 Å². The van der Waals surface area contributed by atoms with Crippen LogP contribution in [0.15, 0.2) is 0 Å². The van der Waals surface area contributed by atoms with Crippen molar-refractivity contribution >= 4 is 17.9 Å². The van der Waals surface area contributed by atoms with E-state index in [0.29, 0.717) is 19.5 Å². The smallest absolute Gasteiger partial charge is 0.407 e. The number of carbonyl (C=O) groups is 3. The Bertz CT molecular complexity index is 458. The van der Waals surface area contributed by atoms with Crippen LogP contribution >= 0.6 is 0 Å². The van der Waals surface area contributed by atoms with Crippen molar-refractivity contribution in [3.8, 4) is 0 Å². The molecule has 0 saturated carbocycles. The third kappa shape index (κ3) is 3.51. The SMILES string of the molecule is COC(=O)N[C@@H](C)C(=O)N1CCC2(CCC(=O)N(C)C2)CC1. The van der Waals surface area contributed by atoms with E-state index in [1.165, 1.54) is 7.11 Å². The van der Waals surface area contributed by atoms with Gasteiger partial charge in [0.25, 0.3) is 0 Å². The molecule has 7 nitrogen and oxygen atoms in total. The topological polar surface area (TPSA) is 79.0 Å². The lowest BCUT2D eigenvalue weighted by Crippen LogP contribution is -2.54. The molecule has 3 amide bonds. The van der Waals surface area contributed by atoms with Crippen LogP contribution in [-0.4, -0.2) is 67.5 Å². The predicted octanol–water partition coefficient (Wildman–Crippen LogP) is 0.592. The highest BCUT2D eigenvalue weighted by Crippen LogP contribution is 2.39. The van der Waals surface area contributed by atoms with Crippen LogP contribution in [0.25, 0.3) is 0 Å². The molecule has 22 heavy (non-hydrogen) atoms. The Balaban J connectivity index is 1.88. The first kappa shape index (κ1) is 16.6. The summed E-state index contributed by atoms with van der Waals surface area (Å²) in [6.07, 6.45) is 2.73. The summed E-state index contributed by atoms with van der Waals surface area (Å²) in [5.74, 6) is 0.125. The van der Waals surface area contributed by atoms with Crippen LogP contribution in [0, 0.1) is 5.41 Å². The van der Waals surface area contributed by atoms with Gasteiger partial charge in [-0.05, 0) is 31.6 Å². The van der Waals surface area contributed by atoms with Crippen molar-refractivity contribution < 1.29 is 19.1 Å². The summed E-state index contributed by atoms with van der Waals surface area (Å²) in [5, 5.41) is 2.51. The summed E-state index contributed by atoms with van der Waals surface area (Å²) < 4.78 is 4.51. The zero-order valence-electron chi connectivity index (χ0n) is 13.6. The summed E-state index contributed by atoms with van der Waals surface area (Å²) in [6, 6.07) is -0.586. The number of nitrogens with zero attached hydrogens (tertiary/aromatic N) is 2. The highest BCUT2D eigenvalue weighted by atomic mass is 16.5. The molecule has 124 valence electrons. The van der Waals surface area contributed by atoms with Crippen LogP contribution < -0.4 is 5.32 Å². The molecule has 1 N–H and O–H groups in total. The van der Waals surface area contributed by atoms with E-state index in [9.17, 15) is 14.4 Å². The van der Waals surface area contributed by atoms with Gasteiger partial charge in [-0.2, -0.15) is 0 Å². The normalized spacial score (nSPS) is 22.4. The Morgan fingerprint density at radius 2 is 1.91 bits per heavy atom. The second-order valence-electron chi connectivity index (χ2n) is 6.43. The monoisotopic (exact) mass is 311 g/mol. The molecule has 2 heterocycles. The fourth-order valence-corrected chi connectivity index (χ4v) is 3.41. The number of carbonyl (C=O) groups excluding carboxylic acids is 3. The van der Waals surface area contributed by atoms with E-state index in [1.54, 1.807) is 11.8 Å². The molecule has 0 aromatic heterocycles. The molecule has 2 saturated heterocycles. The van der Waals surface area contributed by atoms with E-state index < -0.39 is 12.1 Å². The lowest BCUT2D eigenvalue weighted by Gasteiger charge is -2.46. The molecule has 0 unspecified atom stereocenters. The second-order valence-corrected chi connectivity index (χ2v) is 6.43. The maximum absolute atomic E-state index is 12.3. The molecular formula is C15H25N3O4. The number of piperidine rings is 2. The van der Waals surface area contributed by atoms with Crippen molar-refractivity contribution in [2.24, 2.45) is 5.41 Å². The van der Waals surface area contributed by atoms with E-state index in [2.05, 4.69) is 10.1 Å². The Labute approximate surface area is 131 Å².